The predicted octanol–water partition coefficient (Wildman–Crippen LogP) is 0.0187. The highest BCUT2D eigenvalue weighted by molar-refractivity contribution is 5.24. The molecule has 3 N–H and O–H groups in total. The fourth-order valence-corrected chi connectivity index (χ4v) is 0.699. The first-order chi connectivity index (χ1) is 4.83. The van der Waals surface area contributed by atoms with Gasteiger partial charge in [-0.15, -0.1) is 0 Å². The summed E-state index contributed by atoms with van der Waals surface area (Å²) in [6.45, 7) is 0.895. The van der Waals surface area contributed by atoms with Gasteiger partial charge < -0.3 is 15.6 Å². The number of nitrogens with two attached hydrogens (primary N) is 1. The molecule has 4 nitrogen and oxygen atoms in total. The number of aromatic nitrogens is 1. The molecule has 0 radical (unpaired) electrons. The van der Waals surface area contributed by atoms with E-state index < -0.39 is 0 Å². The topological polar surface area (TPSA) is 64.1 Å². The second kappa shape index (κ2) is 3.22. The van der Waals surface area contributed by atoms with Crippen LogP contribution in [0.3, 0.4) is 0 Å². The van der Waals surface area contributed by atoms with E-state index in [4.69, 9.17) is 5.73 Å². The lowest BCUT2D eigenvalue weighted by Gasteiger charge is -1.90. The smallest absolute Gasteiger partial charge is 0.222 e. The molecule has 0 bridgehead atoms. The first kappa shape index (κ1) is 7.08. The lowest BCUT2D eigenvalue weighted by molar-refractivity contribution is 0.427. The van der Waals surface area contributed by atoms with Gasteiger partial charge in [0.1, 0.15) is 0 Å². The number of hydrogen-bond acceptors (Lipinski definition) is 4. The van der Waals surface area contributed by atoms with Crippen molar-refractivity contribution in [2.24, 2.45) is 0 Å². The molecule has 0 unspecified atom stereocenters. The minimum absolute atomic E-state index is 0.381. The van der Waals surface area contributed by atoms with E-state index in [0.717, 1.165) is 18.7 Å². The molecule has 0 spiro atoms. The molecule has 56 valence electrons. The average Bonchev–Trinajstić information content (AvgIpc) is 2.31. The Balaban J connectivity index is 2.42. The van der Waals surface area contributed by atoms with Gasteiger partial charge in [-0.1, -0.05) is 5.16 Å². The predicted molar refractivity (Wildman–Crippen MR) is 38.5 cm³/mol. The Morgan fingerprint density at radius 2 is 2.60 bits per heavy atom. The summed E-state index contributed by atoms with van der Waals surface area (Å²) in [4.78, 5) is 0. The second-order valence-electron chi connectivity index (χ2n) is 2.07. The summed E-state index contributed by atoms with van der Waals surface area (Å²) in [5.74, 6) is 0.381. The van der Waals surface area contributed by atoms with E-state index in [9.17, 15) is 0 Å². The van der Waals surface area contributed by atoms with Crippen LogP contribution in [0, 0.1) is 0 Å². The van der Waals surface area contributed by atoms with Crippen LogP contribution in [0.25, 0.3) is 0 Å². The number of nitrogens with one attached hydrogen (secondary N) is 1. The minimum atomic E-state index is 0.381. The van der Waals surface area contributed by atoms with Gasteiger partial charge in [0.25, 0.3) is 0 Å². The van der Waals surface area contributed by atoms with Crippen LogP contribution in [0.5, 0.6) is 0 Å². The van der Waals surface area contributed by atoms with Crippen LogP contribution in [0.1, 0.15) is 5.69 Å². The SMILES string of the molecule is CNCCc1cc(N)on1. The zero-order chi connectivity index (χ0) is 7.40. The summed E-state index contributed by atoms with van der Waals surface area (Å²) < 4.78 is 4.66. The normalized spacial score (nSPS) is 10.1. The third kappa shape index (κ3) is 1.73. The van der Waals surface area contributed by atoms with E-state index in [2.05, 4.69) is 15.0 Å². The Kier molecular flexibility index (Phi) is 2.28. The van der Waals surface area contributed by atoms with Crippen LogP contribution in [0.15, 0.2) is 10.6 Å². The largest absolute Gasteiger partial charge is 0.368 e. The van der Waals surface area contributed by atoms with Crippen molar-refractivity contribution in [3.8, 4) is 0 Å². The molecule has 1 aromatic rings. The van der Waals surface area contributed by atoms with Crippen molar-refractivity contribution < 1.29 is 4.52 Å². The number of nitrogens with zero attached hydrogens (tertiary/aromatic N) is 1. The van der Waals surface area contributed by atoms with E-state index in [-0.39, 0.29) is 0 Å². The molecule has 0 aliphatic carbocycles. The van der Waals surface area contributed by atoms with Crippen molar-refractivity contribution >= 4 is 5.88 Å². The van der Waals surface area contributed by atoms with Gasteiger partial charge in [-0.05, 0) is 7.05 Å². The molecule has 1 aromatic heterocycles. The molecule has 0 saturated carbocycles. The van der Waals surface area contributed by atoms with Crippen LogP contribution in [0.2, 0.25) is 0 Å². The van der Waals surface area contributed by atoms with Gasteiger partial charge in [0.15, 0.2) is 0 Å². The van der Waals surface area contributed by atoms with E-state index in [1.807, 2.05) is 7.05 Å². The molecule has 0 aliphatic heterocycles. The number of anilines is 1. The van der Waals surface area contributed by atoms with Gasteiger partial charge in [0.05, 0.1) is 5.69 Å². The molecule has 0 aromatic carbocycles. The maximum Gasteiger partial charge on any atom is 0.222 e. The number of likely N-dealkylation sites (N-methyl/N-ethyl adjacent to an activating group) is 1. The van der Waals surface area contributed by atoms with E-state index in [1.54, 1.807) is 6.07 Å². The average molecular weight is 141 g/mol. The molecule has 0 aliphatic rings. The third-order valence-electron chi connectivity index (χ3n) is 1.21. The quantitative estimate of drug-likeness (QED) is 0.622. The summed E-state index contributed by atoms with van der Waals surface area (Å²) in [5.41, 5.74) is 6.20. The fourth-order valence-electron chi connectivity index (χ4n) is 0.699. The monoisotopic (exact) mass is 141 g/mol. The van der Waals surface area contributed by atoms with Crippen molar-refractivity contribution in [3.63, 3.8) is 0 Å². The summed E-state index contributed by atoms with van der Waals surface area (Å²) >= 11 is 0. The molecule has 10 heavy (non-hydrogen) atoms. The van der Waals surface area contributed by atoms with Crippen molar-refractivity contribution in [3.05, 3.63) is 11.8 Å². The summed E-state index contributed by atoms with van der Waals surface area (Å²) in [6, 6.07) is 1.73. The molecular formula is C6H11N3O. The minimum Gasteiger partial charge on any atom is -0.368 e. The van der Waals surface area contributed by atoms with Gasteiger partial charge in [-0.25, -0.2) is 0 Å². The molecular weight excluding hydrogens is 130 g/mol. The highest BCUT2D eigenvalue weighted by Gasteiger charge is 1.97. The lowest BCUT2D eigenvalue weighted by atomic mass is 10.3. The van der Waals surface area contributed by atoms with Crippen molar-refractivity contribution in [1.82, 2.24) is 10.5 Å². The van der Waals surface area contributed by atoms with Gasteiger partial charge >= 0.3 is 0 Å². The zero-order valence-electron chi connectivity index (χ0n) is 5.92. The van der Waals surface area contributed by atoms with Crippen LogP contribution < -0.4 is 11.1 Å². The van der Waals surface area contributed by atoms with E-state index in [0.29, 0.717) is 5.88 Å². The van der Waals surface area contributed by atoms with Gasteiger partial charge in [-0.3, -0.25) is 0 Å². The first-order valence-corrected chi connectivity index (χ1v) is 3.18. The summed E-state index contributed by atoms with van der Waals surface area (Å²) in [5, 5.41) is 6.72. The van der Waals surface area contributed by atoms with E-state index in [1.165, 1.54) is 0 Å². The second-order valence-corrected chi connectivity index (χ2v) is 2.07. The molecule has 4 heteroatoms. The molecule has 0 atom stereocenters. The highest BCUT2D eigenvalue weighted by Crippen LogP contribution is 2.03. The Bertz CT molecular complexity index is 197. The first-order valence-electron chi connectivity index (χ1n) is 3.18. The number of nitrogen functional groups attached to an aromatic ring is 1. The Labute approximate surface area is 59.4 Å². The molecule has 0 saturated heterocycles. The van der Waals surface area contributed by atoms with Gasteiger partial charge in [-0.2, -0.15) is 0 Å². The molecule has 0 amide bonds. The van der Waals surface area contributed by atoms with Crippen molar-refractivity contribution in [1.29, 1.82) is 0 Å². The standard InChI is InChI=1S/C6H11N3O/c1-8-3-2-5-4-6(7)10-9-5/h4,8H,2-3,7H2,1H3. The Morgan fingerprint density at radius 1 is 1.80 bits per heavy atom. The third-order valence-corrected chi connectivity index (χ3v) is 1.21. The van der Waals surface area contributed by atoms with Gasteiger partial charge in [0, 0.05) is 19.0 Å². The number of rotatable bonds is 3. The maximum absolute atomic E-state index is 5.30. The summed E-state index contributed by atoms with van der Waals surface area (Å²) in [7, 11) is 1.89. The Morgan fingerprint density at radius 3 is 3.10 bits per heavy atom. The Hall–Kier alpha value is -1.03. The molecule has 1 rings (SSSR count). The van der Waals surface area contributed by atoms with E-state index >= 15 is 0 Å². The van der Waals surface area contributed by atoms with Crippen LogP contribution in [-0.4, -0.2) is 18.7 Å². The van der Waals surface area contributed by atoms with Gasteiger partial charge in [0.2, 0.25) is 5.88 Å². The van der Waals surface area contributed by atoms with Crippen molar-refractivity contribution in [2.75, 3.05) is 19.3 Å². The summed E-state index contributed by atoms with van der Waals surface area (Å²) in [6.07, 6.45) is 0.858. The molecule has 1 heterocycles. The van der Waals surface area contributed by atoms with Crippen LogP contribution in [-0.2, 0) is 6.42 Å². The number of hydrogen-bond donors (Lipinski definition) is 2. The molecule has 0 fully saturated rings. The zero-order valence-corrected chi connectivity index (χ0v) is 5.92. The van der Waals surface area contributed by atoms with Crippen molar-refractivity contribution in [2.45, 2.75) is 6.42 Å². The fraction of sp³-hybridized carbons (Fsp3) is 0.500. The van der Waals surface area contributed by atoms with Crippen LogP contribution in [0.4, 0.5) is 5.88 Å². The van der Waals surface area contributed by atoms with Crippen LogP contribution >= 0.6 is 0 Å². The highest BCUT2D eigenvalue weighted by atomic mass is 16.5. The maximum atomic E-state index is 5.30. The lowest BCUT2D eigenvalue weighted by Crippen LogP contribution is -2.10.